The Bertz CT molecular complexity index is 1160. The first-order chi connectivity index (χ1) is 16.7. The molecular weight excluding hydrogens is 464 g/mol. The van der Waals surface area contributed by atoms with Crippen LogP contribution in [-0.4, -0.2) is 28.4 Å². The number of ketones is 1. The van der Waals surface area contributed by atoms with Crippen molar-refractivity contribution in [3.8, 4) is 6.07 Å². The first-order valence-electron chi connectivity index (χ1n) is 12.0. The fraction of sp³-hybridized carbons (Fsp3) is 0.500. The Morgan fingerprint density at radius 3 is 2.71 bits per heavy atom. The van der Waals surface area contributed by atoms with Crippen molar-refractivity contribution in [3.63, 3.8) is 0 Å². The average molecular weight is 495 g/mol. The first kappa shape index (κ1) is 25.0. The van der Waals surface area contributed by atoms with Crippen LogP contribution in [-0.2, 0) is 9.59 Å². The predicted molar refractivity (Wildman–Crippen MR) is 134 cm³/mol. The number of Topliss-reactive ketones (excluding diaryl/α,β-unsaturated/α-hetero) is 1. The van der Waals surface area contributed by atoms with Gasteiger partial charge < -0.3 is 10.6 Å². The highest BCUT2D eigenvalue weighted by Crippen LogP contribution is 2.48. The van der Waals surface area contributed by atoms with Gasteiger partial charge in [-0.2, -0.15) is 5.26 Å². The van der Waals surface area contributed by atoms with Gasteiger partial charge in [0.05, 0.1) is 33.3 Å². The zero-order valence-corrected chi connectivity index (χ0v) is 20.9. The molecule has 1 atom stereocenters. The van der Waals surface area contributed by atoms with E-state index in [4.69, 9.17) is 0 Å². The molecule has 1 aromatic carbocycles. The van der Waals surface area contributed by atoms with Gasteiger partial charge in [-0.25, -0.2) is 0 Å². The summed E-state index contributed by atoms with van der Waals surface area (Å²) >= 11 is 1.25. The maximum atomic E-state index is 13.3. The van der Waals surface area contributed by atoms with Crippen LogP contribution in [0.3, 0.4) is 0 Å². The van der Waals surface area contributed by atoms with E-state index in [2.05, 4.69) is 16.7 Å². The summed E-state index contributed by atoms with van der Waals surface area (Å²) in [5, 5.41) is 28.5. The van der Waals surface area contributed by atoms with Gasteiger partial charge in [-0.3, -0.25) is 19.7 Å². The molecule has 1 aromatic rings. The van der Waals surface area contributed by atoms with E-state index in [0.29, 0.717) is 34.6 Å². The van der Waals surface area contributed by atoms with E-state index in [1.807, 2.05) is 13.8 Å². The van der Waals surface area contributed by atoms with Crippen LogP contribution in [0, 0.1) is 26.9 Å². The molecule has 1 heterocycles. The standard InChI is InChI=1S/C26H30N4O4S/c1-26(2)12-20-24(21(31)13-26)23(16-7-6-10-18(11-16)30(33)34)19(14-27)25(29-20)35-15-22(32)28-17-8-4-3-5-9-17/h6-7,10-11,17,23,29H,3-5,8-9,12-13,15H2,1-2H3,(H,28,32)/t23-/m0/s1. The molecule has 1 saturated carbocycles. The Morgan fingerprint density at radius 2 is 2.03 bits per heavy atom. The fourth-order valence-electron chi connectivity index (χ4n) is 5.30. The molecule has 1 aliphatic heterocycles. The number of hydrogen-bond acceptors (Lipinski definition) is 7. The van der Waals surface area contributed by atoms with Gasteiger partial charge in [0.2, 0.25) is 5.91 Å². The van der Waals surface area contributed by atoms with Gasteiger partial charge in [0.1, 0.15) is 0 Å². The second-order valence-corrected chi connectivity index (χ2v) is 11.3. The smallest absolute Gasteiger partial charge is 0.269 e. The maximum Gasteiger partial charge on any atom is 0.269 e. The zero-order chi connectivity index (χ0) is 25.2. The number of nitrogens with zero attached hydrogens (tertiary/aromatic N) is 2. The van der Waals surface area contributed by atoms with Crippen LogP contribution in [0.25, 0.3) is 0 Å². The Morgan fingerprint density at radius 1 is 1.29 bits per heavy atom. The lowest BCUT2D eigenvalue weighted by atomic mass is 9.69. The number of allylic oxidation sites excluding steroid dienone is 3. The summed E-state index contributed by atoms with van der Waals surface area (Å²) in [6, 6.07) is 8.56. The number of non-ortho nitro benzene ring substituents is 1. The summed E-state index contributed by atoms with van der Waals surface area (Å²) < 4.78 is 0. The second-order valence-electron chi connectivity index (χ2n) is 10.3. The SMILES string of the molecule is CC1(C)CC(=O)C2=C(C1)NC(SCC(=O)NC1CCCCC1)=C(C#N)[C@@H]2c1cccc([N+](=O)[O-])c1. The molecule has 0 aromatic heterocycles. The molecule has 4 rings (SSSR count). The summed E-state index contributed by atoms with van der Waals surface area (Å²) in [6.07, 6.45) is 6.37. The number of nitro groups is 1. The highest BCUT2D eigenvalue weighted by Gasteiger charge is 2.42. The van der Waals surface area contributed by atoms with Crippen LogP contribution in [0.4, 0.5) is 5.69 Å². The van der Waals surface area contributed by atoms with Crippen LogP contribution in [0.5, 0.6) is 0 Å². The van der Waals surface area contributed by atoms with Crippen LogP contribution >= 0.6 is 11.8 Å². The molecule has 0 saturated heterocycles. The Hall–Kier alpha value is -3.12. The molecule has 1 amide bonds. The quantitative estimate of drug-likeness (QED) is 0.428. The number of thioether (sulfide) groups is 1. The summed E-state index contributed by atoms with van der Waals surface area (Å²) in [5.74, 6) is -0.706. The van der Waals surface area contributed by atoms with E-state index < -0.39 is 10.8 Å². The minimum Gasteiger partial charge on any atom is -0.353 e. The third-order valence-corrected chi connectivity index (χ3v) is 7.88. The monoisotopic (exact) mass is 494 g/mol. The van der Waals surface area contributed by atoms with Crippen molar-refractivity contribution in [3.05, 3.63) is 61.8 Å². The van der Waals surface area contributed by atoms with Crippen molar-refractivity contribution in [2.45, 2.75) is 70.8 Å². The number of carbonyl (C=O) groups excluding carboxylic acids is 2. The molecule has 0 bridgehead atoms. The van der Waals surface area contributed by atoms with E-state index in [1.165, 1.54) is 30.3 Å². The van der Waals surface area contributed by atoms with Gasteiger partial charge >= 0.3 is 0 Å². The van der Waals surface area contributed by atoms with E-state index in [-0.39, 0.29) is 34.6 Å². The van der Waals surface area contributed by atoms with E-state index >= 15 is 0 Å². The van der Waals surface area contributed by atoms with Gasteiger partial charge in [-0.05, 0) is 30.2 Å². The van der Waals surface area contributed by atoms with E-state index in [1.54, 1.807) is 12.1 Å². The van der Waals surface area contributed by atoms with Crippen molar-refractivity contribution in [1.82, 2.24) is 10.6 Å². The third-order valence-electron chi connectivity index (χ3n) is 6.86. The number of hydrogen-bond donors (Lipinski definition) is 2. The molecule has 1 fully saturated rings. The van der Waals surface area contributed by atoms with E-state index in [9.17, 15) is 25.0 Å². The lowest BCUT2D eigenvalue weighted by Crippen LogP contribution is -2.38. The molecule has 8 nitrogen and oxygen atoms in total. The Labute approximate surface area is 209 Å². The van der Waals surface area contributed by atoms with Crippen molar-refractivity contribution in [2.24, 2.45) is 5.41 Å². The molecule has 0 unspecified atom stereocenters. The highest BCUT2D eigenvalue weighted by molar-refractivity contribution is 8.03. The Kier molecular flexibility index (Phi) is 7.31. The summed E-state index contributed by atoms with van der Waals surface area (Å²) in [6.45, 7) is 4.04. The highest BCUT2D eigenvalue weighted by atomic mass is 32.2. The van der Waals surface area contributed by atoms with Crippen molar-refractivity contribution < 1.29 is 14.5 Å². The number of amides is 1. The largest absolute Gasteiger partial charge is 0.353 e. The number of dihydropyridines is 1. The number of nitriles is 1. The lowest BCUT2D eigenvalue weighted by molar-refractivity contribution is -0.384. The molecule has 3 aliphatic rings. The third kappa shape index (κ3) is 5.59. The van der Waals surface area contributed by atoms with E-state index in [0.717, 1.165) is 31.4 Å². The van der Waals surface area contributed by atoms with Crippen LogP contribution in [0.15, 0.2) is 46.1 Å². The van der Waals surface area contributed by atoms with Gasteiger partial charge in [0.15, 0.2) is 5.78 Å². The fourth-order valence-corrected chi connectivity index (χ4v) is 6.17. The summed E-state index contributed by atoms with van der Waals surface area (Å²) in [5.41, 5.74) is 1.73. The number of rotatable bonds is 6. The summed E-state index contributed by atoms with van der Waals surface area (Å²) in [7, 11) is 0. The van der Waals surface area contributed by atoms with Gasteiger partial charge in [0.25, 0.3) is 5.69 Å². The minimum absolute atomic E-state index is 0.0629. The number of benzene rings is 1. The second kappa shape index (κ2) is 10.2. The zero-order valence-electron chi connectivity index (χ0n) is 20.1. The van der Waals surface area contributed by atoms with Gasteiger partial charge in [0, 0.05) is 35.9 Å². The molecule has 2 aliphatic carbocycles. The van der Waals surface area contributed by atoms with Crippen LogP contribution in [0.1, 0.15) is 70.3 Å². The lowest BCUT2D eigenvalue weighted by Gasteiger charge is -2.39. The molecule has 184 valence electrons. The molecule has 2 N–H and O–H groups in total. The van der Waals surface area contributed by atoms with Gasteiger partial charge in [-0.15, -0.1) is 0 Å². The molecular formula is C26H30N4O4S. The Balaban J connectivity index is 1.66. The molecule has 0 spiro atoms. The maximum absolute atomic E-state index is 13.3. The van der Waals surface area contributed by atoms with Gasteiger partial charge in [-0.1, -0.05) is 57.0 Å². The summed E-state index contributed by atoms with van der Waals surface area (Å²) in [4.78, 5) is 36.9. The predicted octanol–water partition coefficient (Wildman–Crippen LogP) is 4.84. The van der Waals surface area contributed by atoms with Crippen molar-refractivity contribution in [1.29, 1.82) is 5.26 Å². The minimum atomic E-state index is -0.705. The molecule has 0 radical (unpaired) electrons. The number of carbonyl (C=O) groups is 2. The molecule has 35 heavy (non-hydrogen) atoms. The molecule has 9 heteroatoms. The normalized spacial score (nSPS) is 22.2. The number of nitrogens with one attached hydrogen (secondary N) is 2. The van der Waals surface area contributed by atoms with Crippen LogP contribution < -0.4 is 10.6 Å². The van der Waals surface area contributed by atoms with Crippen molar-refractivity contribution >= 4 is 29.1 Å². The average Bonchev–Trinajstić information content (AvgIpc) is 2.81. The number of nitro benzene ring substituents is 1. The van der Waals surface area contributed by atoms with Crippen LogP contribution in [0.2, 0.25) is 0 Å². The first-order valence-corrected chi connectivity index (χ1v) is 13.0. The van der Waals surface area contributed by atoms with Crippen molar-refractivity contribution in [2.75, 3.05) is 5.75 Å². The topological polar surface area (TPSA) is 125 Å².